The van der Waals surface area contributed by atoms with E-state index < -0.39 is 10.8 Å². The number of hydrazone groups is 1. The van der Waals surface area contributed by atoms with Crippen molar-refractivity contribution in [3.63, 3.8) is 0 Å². The predicted octanol–water partition coefficient (Wildman–Crippen LogP) is 3.35. The van der Waals surface area contributed by atoms with Gasteiger partial charge in [0.25, 0.3) is 17.5 Å². The van der Waals surface area contributed by atoms with Gasteiger partial charge in [-0.25, -0.2) is 0 Å². The highest BCUT2D eigenvalue weighted by Crippen LogP contribution is 2.31. The number of hydrogen-bond acceptors (Lipinski definition) is 5. The molecule has 1 heterocycles. The Labute approximate surface area is 159 Å². The molecule has 0 aromatic heterocycles. The van der Waals surface area contributed by atoms with Crippen molar-refractivity contribution in [3.05, 3.63) is 68.2 Å². The summed E-state index contributed by atoms with van der Waals surface area (Å²) in [6, 6.07) is 8.80. The molecule has 27 heavy (non-hydrogen) atoms. The van der Waals surface area contributed by atoms with E-state index in [1.165, 1.54) is 18.2 Å². The van der Waals surface area contributed by atoms with Gasteiger partial charge in [-0.3, -0.25) is 19.7 Å². The minimum Gasteiger partial charge on any atom is -0.308 e. The number of hydrogen-bond donors (Lipinski definition) is 1. The van der Waals surface area contributed by atoms with Crippen molar-refractivity contribution in [2.45, 2.75) is 20.3 Å². The zero-order valence-electron chi connectivity index (χ0n) is 14.5. The number of halogens is 1. The lowest BCUT2D eigenvalue weighted by molar-refractivity contribution is -0.384. The van der Waals surface area contributed by atoms with Gasteiger partial charge in [-0.2, -0.15) is 10.1 Å². The van der Waals surface area contributed by atoms with Gasteiger partial charge in [0.1, 0.15) is 5.84 Å². The minimum atomic E-state index is -0.586. The van der Waals surface area contributed by atoms with Gasteiger partial charge >= 0.3 is 0 Å². The molecule has 0 unspecified atom stereocenters. The summed E-state index contributed by atoms with van der Waals surface area (Å²) in [5, 5.41) is 19.0. The molecule has 9 heteroatoms. The van der Waals surface area contributed by atoms with Gasteiger partial charge in [0.05, 0.1) is 22.1 Å². The fourth-order valence-corrected chi connectivity index (χ4v) is 2.88. The minimum absolute atomic E-state index is 0.0991. The Morgan fingerprint density at radius 1 is 1.26 bits per heavy atom. The zero-order chi connectivity index (χ0) is 19.7. The second kappa shape index (κ2) is 7.16. The first-order valence-corrected chi connectivity index (χ1v) is 8.37. The standard InChI is InChI=1S/C18H15ClN4O4/c1-10-6-14(19)15(7-11(10)2)22-17(24)9-16(21-22)20-18(25)12-4-3-5-13(8-12)23(26)27/h3-8H,9H2,1-2H3,(H,20,21,25). The molecule has 1 aliphatic heterocycles. The largest absolute Gasteiger partial charge is 0.308 e. The normalized spacial score (nSPS) is 13.5. The molecule has 0 spiro atoms. The van der Waals surface area contributed by atoms with Crippen LogP contribution in [-0.4, -0.2) is 22.6 Å². The molecule has 0 saturated heterocycles. The van der Waals surface area contributed by atoms with Crippen LogP contribution in [0.3, 0.4) is 0 Å². The predicted molar refractivity (Wildman–Crippen MR) is 101 cm³/mol. The van der Waals surface area contributed by atoms with Crippen LogP contribution in [0.25, 0.3) is 0 Å². The number of non-ortho nitro benzene ring substituents is 1. The first-order valence-electron chi connectivity index (χ1n) is 7.99. The van der Waals surface area contributed by atoms with Crippen LogP contribution < -0.4 is 10.3 Å². The number of amides is 2. The maximum atomic E-state index is 12.3. The van der Waals surface area contributed by atoms with Crippen LogP contribution in [0, 0.1) is 24.0 Å². The molecule has 0 bridgehead atoms. The highest BCUT2D eigenvalue weighted by atomic mass is 35.5. The molecule has 2 aromatic carbocycles. The van der Waals surface area contributed by atoms with E-state index in [1.54, 1.807) is 12.1 Å². The number of benzene rings is 2. The number of amidine groups is 1. The fourth-order valence-electron chi connectivity index (χ4n) is 2.58. The maximum Gasteiger partial charge on any atom is 0.270 e. The number of rotatable bonds is 3. The molecule has 138 valence electrons. The Morgan fingerprint density at radius 3 is 2.67 bits per heavy atom. The second-order valence-corrected chi connectivity index (χ2v) is 6.49. The lowest BCUT2D eigenvalue weighted by Gasteiger charge is -2.15. The molecule has 2 aromatic rings. The van der Waals surface area contributed by atoms with Crippen molar-refractivity contribution < 1.29 is 14.5 Å². The van der Waals surface area contributed by atoms with Crippen LogP contribution in [0.15, 0.2) is 41.5 Å². The third-order valence-electron chi connectivity index (χ3n) is 4.14. The van der Waals surface area contributed by atoms with Crippen molar-refractivity contribution in [2.75, 3.05) is 5.01 Å². The van der Waals surface area contributed by atoms with Gasteiger partial charge in [0, 0.05) is 17.7 Å². The van der Waals surface area contributed by atoms with Gasteiger partial charge in [0.15, 0.2) is 0 Å². The van der Waals surface area contributed by atoms with Gasteiger partial charge in [-0.15, -0.1) is 0 Å². The van der Waals surface area contributed by atoms with E-state index in [2.05, 4.69) is 10.4 Å². The van der Waals surface area contributed by atoms with Crippen molar-refractivity contribution in [3.8, 4) is 0 Å². The summed E-state index contributed by atoms with van der Waals surface area (Å²) in [6.45, 7) is 3.80. The molecule has 0 fully saturated rings. The topological polar surface area (TPSA) is 105 Å². The summed E-state index contributed by atoms with van der Waals surface area (Å²) in [5.41, 5.74) is 2.27. The summed E-state index contributed by atoms with van der Waals surface area (Å²) >= 11 is 6.23. The maximum absolute atomic E-state index is 12.3. The summed E-state index contributed by atoms with van der Waals surface area (Å²) < 4.78 is 0. The Bertz CT molecular complexity index is 1000. The molecule has 2 amide bonds. The van der Waals surface area contributed by atoms with Gasteiger partial charge in [-0.05, 0) is 43.2 Å². The number of carbonyl (C=O) groups excluding carboxylic acids is 2. The third kappa shape index (κ3) is 3.80. The SMILES string of the molecule is Cc1cc(Cl)c(N2N=C(NC(=O)c3cccc([N+](=O)[O-])c3)CC2=O)cc1C. The van der Waals surface area contributed by atoms with Crippen LogP contribution in [0.4, 0.5) is 11.4 Å². The molecule has 3 rings (SSSR count). The van der Waals surface area contributed by atoms with E-state index in [4.69, 9.17) is 11.6 Å². The number of nitrogens with zero attached hydrogens (tertiary/aromatic N) is 3. The van der Waals surface area contributed by atoms with Crippen molar-refractivity contribution in [1.29, 1.82) is 0 Å². The number of nitro benzene ring substituents is 1. The van der Waals surface area contributed by atoms with Crippen LogP contribution >= 0.6 is 11.6 Å². The number of anilines is 1. The second-order valence-electron chi connectivity index (χ2n) is 6.08. The van der Waals surface area contributed by atoms with E-state index in [-0.39, 0.29) is 29.4 Å². The number of aryl methyl sites for hydroxylation is 2. The summed E-state index contributed by atoms with van der Waals surface area (Å²) in [4.78, 5) is 34.9. The molecule has 0 radical (unpaired) electrons. The summed E-state index contributed by atoms with van der Waals surface area (Å²) in [7, 11) is 0. The highest BCUT2D eigenvalue weighted by Gasteiger charge is 2.28. The Morgan fingerprint density at radius 2 is 1.96 bits per heavy atom. The lowest BCUT2D eigenvalue weighted by atomic mass is 10.1. The molecule has 1 N–H and O–H groups in total. The number of carbonyl (C=O) groups is 2. The van der Waals surface area contributed by atoms with E-state index in [1.807, 2.05) is 13.8 Å². The Balaban J connectivity index is 1.83. The first-order chi connectivity index (χ1) is 12.8. The summed E-state index contributed by atoms with van der Waals surface area (Å²) in [6.07, 6.45) is -0.107. The van der Waals surface area contributed by atoms with Crippen LogP contribution in [-0.2, 0) is 4.79 Å². The van der Waals surface area contributed by atoms with Crippen LogP contribution in [0.5, 0.6) is 0 Å². The van der Waals surface area contributed by atoms with Crippen molar-refractivity contribution in [2.24, 2.45) is 5.10 Å². The Hall–Kier alpha value is -3.26. The van der Waals surface area contributed by atoms with Gasteiger partial charge < -0.3 is 5.32 Å². The summed E-state index contributed by atoms with van der Waals surface area (Å²) in [5.74, 6) is -0.779. The smallest absolute Gasteiger partial charge is 0.270 e. The quantitative estimate of drug-likeness (QED) is 0.645. The molecule has 1 aliphatic rings. The third-order valence-corrected chi connectivity index (χ3v) is 4.45. The molecular weight excluding hydrogens is 372 g/mol. The van der Waals surface area contributed by atoms with Crippen LogP contribution in [0.2, 0.25) is 5.02 Å². The average Bonchev–Trinajstić information content (AvgIpc) is 2.98. The molecule has 8 nitrogen and oxygen atoms in total. The van der Waals surface area contributed by atoms with Crippen LogP contribution in [0.1, 0.15) is 27.9 Å². The molecule has 0 aliphatic carbocycles. The van der Waals surface area contributed by atoms with E-state index in [0.717, 1.165) is 22.2 Å². The average molecular weight is 387 g/mol. The van der Waals surface area contributed by atoms with E-state index >= 15 is 0 Å². The van der Waals surface area contributed by atoms with E-state index in [9.17, 15) is 19.7 Å². The van der Waals surface area contributed by atoms with Gasteiger partial charge in [0.2, 0.25) is 0 Å². The van der Waals surface area contributed by atoms with Crippen molar-refractivity contribution >= 4 is 40.6 Å². The lowest BCUT2D eigenvalue weighted by Crippen LogP contribution is -2.29. The number of nitro groups is 1. The molecular formula is C18H15ClN4O4. The van der Waals surface area contributed by atoms with Crippen molar-refractivity contribution in [1.82, 2.24) is 5.32 Å². The number of nitrogens with one attached hydrogen (secondary N) is 1. The van der Waals surface area contributed by atoms with Gasteiger partial charge in [-0.1, -0.05) is 17.7 Å². The monoisotopic (exact) mass is 386 g/mol. The first kappa shape index (κ1) is 18.5. The molecule has 0 atom stereocenters. The fraction of sp³-hybridized carbons (Fsp3) is 0.167. The zero-order valence-corrected chi connectivity index (χ0v) is 15.3. The Kier molecular flexibility index (Phi) is 4.91. The highest BCUT2D eigenvalue weighted by molar-refractivity contribution is 6.34. The van der Waals surface area contributed by atoms with E-state index in [0.29, 0.717) is 10.7 Å². The molecule has 0 saturated carbocycles.